The molecule has 5 heteroatoms. The summed E-state index contributed by atoms with van der Waals surface area (Å²) in [5.74, 6) is 0.556. The van der Waals surface area contributed by atoms with Crippen LogP contribution in [0.4, 0.5) is 0 Å². The third-order valence-corrected chi connectivity index (χ3v) is 6.06. The Morgan fingerprint density at radius 2 is 1.48 bits per heavy atom. The van der Waals surface area contributed by atoms with Gasteiger partial charge in [0.25, 0.3) is 0 Å². The average molecular weight is 353 g/mol. The predicted octanol–water partition coefficient (Wildman–Crippen LogP) is 2.69. The summed E-state index contributed by atoms with van der Waals surface area (Å²) in [5.41, 5.74) is 0. The van der Waals surface area contributed by atoms with E-state index < -0.39 is 0 Å². The smallest absolute Gasteiger partial charge is 0.226 e. The monoisotopic (exact) mass is 352 g/mol. The zero-order chi connectivity index (χ0) is 17.3. The van der Waals surface area contributed by atoms with E-state index in [0.29, 0.717) is 11.9 Å². The van der Waals surface area contributed by atoms with Gasteiger partial charge in [0.1, 0.15) is 0 Å². The molecule has 0 aromatic heterocycles. The van der Waals surface area contributed by atoms with Crippen molar-refractivity contribution in [1.29, 1.82) is 0 Å². The molecule has 0 aromatic rings. The van der Waals surface area contributed by atoms with Crippen LogP contribution in [-0.4, -0.2) is 74.4 Å². The Hall–Kier alpha value is -0.650. The Balaban J connectivity index is 1.52. The third-order valence-electron chi connectivity index (χ3n) is 6.06. The van der Waals surface area contributed by atoms with E-state index in [1.165, 1.54) is 38.8 Å². The van der Waals surface area contributed by atoms with E-state index in [1.807, 2.05) is 0 Å². The first kappa shape index (κ1) is 19.1. The number of hydrogen-bond acceptors (Lipinski definition) is 4. The van der Waals surface area contributed by atoms with Crippen molar-refractivity contribution >= 4 is 5.91 Å². The van der Waals surface area contributed by atoms with Crippen LogP contribution in [-0.2, 0) is 14.3 Å². The van der Waals surface area contributed by atoms with E-state index in [9.17, 15) is 4.79 Å². The number of likely N-dealkylation sites (tertiary alicyclic amines) is 1. The lowest BCUT2D eigenvalue weighted by Crippen LogP contribution is -2.48. The van der Waals surface area contributed by atoms with E-state index in [2.05, 4.69) is 9.80 Å². The summed E-state index contributed by atoms with van der Waals surface area (Å²) < 4.78 is 11.0. The van der Waals surface area contributed by atoms with Crippen LogP contribution in [0, 0.1) is 5.92 Å². The highest BCUT2D eigenvalue weighted by Crippen LogP contribution is 2.23. The minimum Gasteiger partial charge on any atom is -0.381 e. The van der Waals surface area contributed by atoms with Crippen LogP contribution in [0.5, 0.6) is 0 Å². The molecular formula is C20H36N2O3. The molecule has 0 unspecified atom stereocenters. The first-order valence-corrected chi connectivity index (χ1v) is 10.5. The molecule has 0 bridgehead atoms. The molecule has 0 aromatic carbocycles. The first-order chi connectivity index (χ1) is 12.3. The second-order valence-corrected chi connectivity index (χ2v) is 7.87. The van der Waals surface area contributed by atoms with Gasteiger partial charge < -0.3 is 19.3 Å². The number of carbonyl (C=O) groups excluding carboxylic acids is 1. The molecule has 0 N–H and O–H groups in total. The molecule has 0 atom stereocenters. The molecule has 3 rings (SSSR count). The fourth-order valence-electron chi connectivity index (χ4n) is 4.47. The highest BCUT2D eigenvalue weighted by atomic mass is 16.5. The molecular weight excluding hydrogens is 316 g/mol. The number of nitrogens with zero attached hydrogens (tertiary/aromatic N) is 2. The molecule has 3 fully saturated rings. The maximum atomic E-state index is 13.2. The second kappa shape index (κ2) is 10.5. The Bertz CT molecular complexity index is 384. The van der Waals surface area contributed by atoms with E-state index >= 15 is 0 Å². The van der Waals surface area contributed by atoms with Crippen LogP contribution in [0.1, 0.15) is 57.8 Å². The normalized spacial score (nSPS) is 24.8. The molecule has 3 aliphatic rings. The van der Waals surface area contributed by atoms with Gasteiger partial charge in [0.05, 0.1) is 0 Å². The average Bonchev–Trinajstić information content (AvgIpc) is 2.95. The van der Waals surface area contributed by atoms with Crippen LogP contribution in [0.15, 0.2) is 0 Å². The Morgan fingerprint density at radius 1 is 0.880 bits per heavy atom. The molecule has 0 spiro atoms. The molecule has 25 heavy (non-hydrogen) atoms. The Kier molecular flexibility index (Phi) is 8.02. The lowest BCUT2D eigenvalue weighted by atomic mass is 9.96. The predicted molar refractivity (Wildman–Crippen MR) is 98.6 cm³/mol. The molecule has 0 saturated carbocycles. The van der Waals surface area contributed by atoms with Gasteiger partial charge in [0.2, 0.25) is 5.91 Å². The first-order valence-electron chi connectivity index (χ1n) is 10.5. The summed E-state index contributed by atoms with van der Waals surface area (Å²) in [7, 11) is 0. The van der Waals surface area contributed by atoms with Gasteiger partial charge in [-0.3, -0.25) is 4.79 Å². The fourth-order valence-corrected chi connectivity index (χ4v) is 4.47. The molecule has 0 aliphatic carbocycles. The van der Waals surface area contributed by atoms with Gasteiger partial charge in [-0.2, -0.15) is 0 Å². The van der Waals surface area contributed by atoms with Crippen LogP contribution in [0.2, 0.25) is 0 Å². The van der Waals surface area contributed by atoms with Crippen LogP contribution in [0.25, 0.3) is 0 Å². The Labute approximate surface area is 153 Å². The van der Waals surface area contributed by atoms with Crippen molar-refractivity contribution in [3.63, 3.8) is 0 Å². The second-order valence-electron chi connectivity index (χ2n) is 7.87. The van der Waals surface area contributed by atoms with Gasteiger partial charge in [-0.25, -0.2) is 0 Å². The number of carbonyl (C=O) groups is 1. The van der Waals surface area contributed by atoms with Gasteiger partial charge in [-0.05, 0) is 64.6 Å². The van der Waals surface area contributed by atoms with Crippen molar-refractivity contribution in [2.24, 2.45) is 5.92 Å². The summed E-state index contributed by atoms with van der Waals surface area (Å²) in [4.78, 5) is 18.0. The van der Waals surface area contributed by atoms with Crippen LogP contribution >= 0.6 is 0 Å². The van der Waals surface area contributed by atoms with Crippen molar-refractivity contribution in [1.82, 2.24) is 9.80 Å². The maximum Gasteiger partial charge on any atom is 0.226 e. The summed E-state index contributed by atoms with van der Waals surface area (Å²) in [6.45, 7) is 7.62. The number of rotatable bonds is 6. The van der Waals surface area contributed by atoms with E-state index in [4.69, 9.17) is 9.47 Å². The highest BCUT2D eigenvalue weighted by Gasteiger charge is 2.31. The summed E-state index contributed by atoms with van der Waals surface area (Å²) in [6.07, 6.45) is 10.3. The SMILES string of the molecule is O=C(C1CCOCC1)N(CCCN1CCCCCC1)C1CCOCC1. The molecule has 3 aliphatic heterocycles. The number of hydrogen-bond donors (Lipinski definition) is 0. The quantitative estimate of drug-likeness (QED) is 0.737. The molecule has 0 radical (unpaired) electrons. The van der Waals surface area contributed by atoms with Gasteiger partial charge in [-0.15, -0.1) is 0 Å². The van der Waals surface area contributed by atoms with Crippen molar-refractivity contribution in [2.45, 2.75) is 63.8 Å². The zero-order valence-electron chi connectivity index (χ0n) is 15.8. The highest BCUT2D eigenvalue weighted by molar-refractivity contribution is 5.79. The minimum absolute atomic E-state index is 0.176. The van der Waals surface area contributed by atoms with Crippen molar-refractivity contribution in [3.05, 3.63) is 0 Å². The van der Waals surface area contributed by atoms with E-state index in [1.54, 1.807) is 0 Å². The third kappa shape index (κ3) is 5.93. The van der Waals surface area contributed by atoms with Crippen molar-refractivity contribution in [3.8, 4) is 0 Å². The molecule has 1 amide bonds. The minimum atomic E-state index is 0.176. The summed E-state index contributed by atoms with van der Waals surface area (Å²) >= 11 is 0. The van der Waals surface area contributed by atoms with E-state index in [0.717, 1.165) is 71.6 Å². The maximum absolute atomic E-state index is 13.2. The van der Waals surface area contributed by atoms with Crippen molar-refractivity contribution in [2.75, 3.05) is 52.6 Å². The number of ether oxygens (including phenoxy) is 2. The summed E-state index contributed by atoms with van der Waals surface area (Å²) in [5, 5.41) is 0. The number of amides is 1. The van der Waals surface area contributed by atoms with E-state index in [-0.39, 0.29) is 5.92 Å². The molecule has 144 valence electrons. The van der Waals surface area contributed by atoms with Crippen LogP contribution in [0.3, 0.4) is 0 Å². The zero-order valence-corrected chi connectivity index (χ0v) is 15.8. The summed E-state index contributed by atoms with van der Waals surface area (Å²) in [6, 6.07) is 0.383. The van der Waals surface area contributed by atoms with Gasteiger partial charge >= 0.3 is 0 Å². The van der Waals surface area contributed by atoms with Crippen LogP contribution < -0.4 is 0 Å². The van der Waals surface area contributed by atoms with Crippen molar-refractivity contribution < 1.29 is 14.3 Å². The molecule has 3 saturated heterocycles. The largest absolute Gasteiger partial charge is 0.381 e. The van der Waals surface area contributed by atoms with Gasteiger partial charge in [0, 0.05) is 44.9 Å². The topological polar surface area (TPSA) is 42.0 Å². The molecule has 3 heterocycles. The standard InChI is InChI=1S/C20H36N2O3/c23-20(18-6-14-24-15-7-18)22(19-8-16-25-17-9-19)13-5-12-21-10-3-1-2-4-11-21/h18-19H,1-17H2. The van der Waals surface area contributed by atoms with Gasteiger partial charge in [0.15, 0.2) is 0 Å². The molecule has 5 nitrogen and oxygen atoms in total. The lowest BCUT2D eigenvalue weighted by molar-refractivity contribution is -0.143. The lowest BCUT2D eigenvalue weighted by Gasteiger charge is -2.37. The van der Waals surface area contributed by atoms with Gasteiger partial charge in [-0.1, -0.05) is 12.8 Å². The fraction of sp³-hybridized carbons (Fsp3) is 0.950. The Morgan fingerprint density at radius 3 is 2.12 bits per heavy atom.